The van der Waals surface area contributed by atoms with Gasteiger partial charge in [0.15, 0.2) is 5.69 Å². The minimum Gasteiger partial charge on any atom is -0.337 e. The van der Waals surface area contributed by atoms with E-state index < -0.39 is 0 Å². The maximum Gasteiger partial charge on any atom is 0.276 e. The molecule has 0 radical (unpaired) electrons. The lowest BCUT2D eigenvalue weighted by Gasteiger charge is -2.32. The van der Waals surface area contributed by atoms with E-state index >= 15 is 0 Å². The van der Waals surface area contributed by atoms with Gasteiger partial charge in [-0.15, -0.1) is 17.5 Å². The van der Waals surface area contributed by atoms with Crippen LogP contribution in [0.25, 0.3) is 0 Å². The molecule has 2 aliphatic rings. The van der Waals surface area contributed by atoms with E-state index in [9.17, 15) is 4.79 Å². The van der Waals surface area contributed by atoms with Gasteiger partial charge in [-0.3, -0.25) is 4.79 Å². The van der Waals surface area contributed by atoms with E-state index in [0.717, 1.165) is 57.1 Å². The van der Waals surface area contributed by atoms with Gasteiger partial charge >= 0.3 is 0 Å². The van der Waals surface area contributed by atoms with E-state index in [2.05, 4.69) is 29.5 Å². The highest BCUT2D eigenvalue weighted by Gasteiger charge is 2.29. The molecule has 0 aliphatic carbocycles. The molecule has 2 fully saturated rings. The van der Waals surface area contributed by atoms with Crippen molar-refractivity contribution in [1.29, 1.82) is 0 Å². The van der Waals surface area contributed by atoms with Gasteiger partial charge in [-0.1, -0.05) is 25.5 Å². The number of carbonyl (C=O) groups is 1. The molecule has 3 heterocycles. The summed E-state index contributed by atoms with van der Waals surface area (Å²) >= 11 is 0. The number of nitrogens with zero attached hydrogens (tertiary/aromatic N) is 4. The van der Waals surface area contributed by atoms with Crippen LogP contribution in [0, 0.1) is 18.8 Å². The van der Waals surface area contributed by atoms with Crippen LogP contribution >= 0.6 is 12.4 Å². The predicted octanol–water partition coefficient (Wildman–Crippen LogP) is 3.22. The molecular weight excluding hydrogens is 350 g/mol. The Morgan fingerprint density at radius 1 is 1.27 bits per heavy atom. The van der Waals surface area contributed by atoms with Gasteiger partial charge < -0.3 is 10.2 Å². The number of carbonyl (C=O) groups excluding carboxylic acids is 1. The van der Waals surface area contributed by atoms with Crippen LogP contribution in [0.15, 0.2) is 0 Å². The number of aromatic nitrogens is 3. The van der Waals surface area contributed by atoms with Crippen molar-refractivity contribution < 1.29 is 4.79 Å². The quantitative estimate of drug-likeness (QED) is 0.847. The van der Waals surface area contributed by atoms with Gasteiger partial charge in [-0.25, -0.2) is 4.68 Å². The van der Waals surface area contributed by atoms with Crippen molar-refractivity contribution in [2.24, 2.45) is 11.8 Å². The van der Waals surface area contributed by atoms with E-state index in [0.29, 0.717) is 17.7 Å². The van der Waals surface area contributed by atoms with Crippen molar-refractivity contribution in [1.82, 2.24) is 25.2 Å². The molecule has 7 heteroatoms. The maximum absolute atomic E-state index is 13.0. The summed E-state index contributed by atoms with van der Waals surface area (Å²) in [6.45, 7) is 10.3. The summed E-state index contributed by atoms with van der Waals surface area (Å²) < 4.78 is 1.98. The zero-order valence-electron chi connectivity index (χ0n) is 16.4. The molecule has 0 bridgehead atoms. The van der Waals surface area contributed by atoms with Crippen LogP contribution in [0.5, 0.6) is 0 Å². The Hall–Kier alpha value is -1.14. The Kier molecular flexibility index (Phi) is 7.89. The van der Waals surface area contributed by atoms with E-state index in [1.165, 1.54) is 19.3 Å². The first-order valence-corrected chi connectivity index (χ1v) is 9.98. The number of halogens is 1. The first-order valence-electron chi connectivity index (χ1n) is 9.98. The van der Waals surface area contributed by atoms with Crippen LogP contribution in [-0.4, -0.2) is 52.0 Å². The lowest BCUT2D eigenvalue weighted by Crippen LogP contribution is -2.40. The van der Waals surface area contributed by atoms with Crippen molar-refractivity contribution >= 4 is 18.3 Å². The molecule has 0 saturated carbocycles. The highest BCUT2D eigenvalue weighted by molar-refractivity contribution is 5.93. The molecule has 3 rings (SSSR count). The van der Waals surface area contributed by atoms with Crippen molar-refractivity contribution in [3.8, 4) is 0 Å². The van der Waals surface area contributed by atoms with Crippen LogP contribution in [0.4, 0.5) is 0 Å². The monoisotopic (exact) mass is 383 g/mol. The van der Waals surface area contributed by atoms with E-state index in [1.54, 1.807) is 0 Å². The molecule has 1 aromatic heterocycles. The van der Waals surface area contributed by atoms with E-state index in [4.69, 9.17) is 0 Å². The summed E-state index contributed by atoms with van der Waals surface area (Å²) in [6, 6.07) is 0.371. The summed E-state index contributed by atoms with van der Waals surface area (Å²) in [4.78, 5) is 15.0. The molecule has 1 amide bonds. The molecule has 1 atom stereocenters. The number of piperidine rings is 2. The zero-order chi connectivity index (χ0) is 17.8. The summed E-state index contributed by atoms with van der Waals surface area (Å²) in [5.41, 5.74) is 1.49. The van der Waals surface area contributed by atoms with Crippen molar-refractivity contribution in [2.75, 3.05) is 26.2 Å². The number of likely N-dealkylation sites (tertiary alicyclic amines) is 1. The van der Waals surface area contributed by atoms with Gasteiger partial charge in [0.05, 0.1) is 11.7 Å². The normalized spacial score (nSPS) is 21.7. The fourth-order valence-corrected chi connectivity index (χ4v) is 4.14. The standard InChI is InChI=1S/C19H33N5O.ClH/c1-14(2)6-7-16-5-4-12-23(13-16)19(25)18-15(3)24(22-21-18)17-8-10-20-11-9-17;/h14,16-17,20H,4-13H2,1-3H3;1H. The molecule has 2 saturated heterocycles. The van der Waals surface area contributed by atoms with Crippen molar-refractivity contribution in [2.45, 2.75) is 65.3 Å². The Bertz CT molecular complexity index is 582. The molecule has 1 aromatic rings. The number of amides is 1. The van der Waals surface area contributed by atoms with Gasteiger partial charge in [-0.2, -0.15) is 0 Å². The second-order valence-corrected chi connectivity index (χ2v) is 8.18. The highest BCUT2D eigenvalue weighted by Crippen LogP contribution is 2.25. The second-order valence-electron chi connectivity index (χ2n) is 8.18. The molecule has 0 aromatic carbocycles. The largest absolute Gasteiger partial charge is 0.337 e. The van der Waals surface area contributed by atoms with Gasteiger partial charge in [0, 0.05) is 13.1 Å². The lowest BCUT2D eigenvalue weighted by molar-refractivity contribution is 0.0658. The predicted molar refractivity (Wildman–Crippen MR) is 106 cm³/mol. The molecule has 26 heavy (non-hydrogen) atoms. The van der Waals surface area contributed by atoms with Crippen LogP contribution in [0.1, 0.15) is 74.6 Å². The first-order chi connectivity index (χ1) is 12.1. The average molecular weight is 384 g/mol. The third kappa shape index (κ3) is 4.97. The number of hydrogen-bond acceptors (Lipinski definition) is 4. The SMILES string of the molecule is Cc1c(C(=O)N2CCCC(CCC(C)C)C2)nnn1C1CCNCC1.Cl. The summed E-state index contributed by atoms with van der Waals surface area (Å²) in [7, 11) is 0. The van der Waals surface area contributed by atoms with Gasteiger partial charge in [0.2, 0.25) is 0 Å². The third-order valence-corrected chi connectivity index (χ3v) is 5.74. The smallest absolute Gasteiger partial charge is 0.276 e. The minimum absolute atomic E-state index is 0. The molecule has 1 unspecified atom stereocenters. The average Bonchev–Trinajstić information content (AvgIpc) is 3.02. The molecule has 1 N–H and O–H groups in total. The molecular formula is C19H34ClN5O. The Morgan fingerprint density at radius 3 is 2.69 bits per heavy atom. The highest BCUT2D eigenvalue weighted by atomic mass is 35.5. The Labute approximate surface area is 163 Å². The summed E-state index contributed by atoms with van der Waals surface area (Å²) in [5, 5.41) is 12.0. The van der Waals surface area contributed by atoms with Crippen LogP contribution in [0.3, 0.4) is 0 Å². The zero-order valence-corrected chi connectivity index (χ0v) is 17.2. The first kappa shape index (κ1) is 21.2. The molecule has 6 nitrogen and oxygen atoms in total. The lowest BCUT2D eigenvalue weighted by atomic mass is 9.90. The van der Waals surface area contributed by atoms with Crippen LogP contribution < -0.4 is 5.32 Å². The number of nitrogens with one attached hydrogen (secondary N) is 1. The number of hydrogen-bond donors (Lipinski definition) is 1. The fourth-order valence-electron chi connectivity index (χ4n) is 4.14. The summed E-state index contributed by atoms with van der Waals surface area (Å²) in [5.74, 6) is 1.45. The Balaban J connectivity index is 0.00000243. The topological polar surface area (TPSA) is 63.1 Å². The van der Waals surface area contributed by atoms with Crippen molar-refractivity contribution in [3.05, 3.63) is 11.4 Å². The van der Waals surface area contributed by atoms with E-state index in [1.807, 2.05) is 16.5 Å². The van der Waals surface area contributed by atoms with Crippen molar-refractivity contribution in [3.63, 3.8) is 0 Å². The van der Waals surface area contributed by atoms with Gasteiger partial charge in [-0.05, 0) is 64.0 Å². The molecule has 148 valence electrons. The van der Waals surface area contributed by atoms with E-state index in [-0.39, 0.29) is 18.3 Å². The molecule has 0 spiro atoms. The van der Waals surface area contributed by atoms with Gasteiger partial charge in [0.25, 0.3) is 5.91 Å². The van der Waals surface area contributed by atoms with Crippen LogP contribution in [-0.2, 0) is 0 Å². The fraction of sp³-hybridized carbons (Fsp3) is 0.842. The summed E-state index contributed by atoms with van der Waals surface area (Å²) in [6.07, 6.45) is 6.94. The third-order valence-electron chi connectivity index (χ3n) is 5.74. The number of rotatable bonds is 5. The molecule has 2 aliphatic heterocycles. The second kappa shape index (κ2) is 9.70. The Morgan fingerprint density at radius 2 is 2.00 bits per heavy atom. The minimum atomic E-state index is 0. The maximum atomic E-state index is 13.0. The van der Waals surface area contributed by atoms with Gasteiger partial charge in [0.1, 0.15) is 0 Å². The van der Waals surface area contributed by atoms with Crippen LogP contribution in [0.2, 0.25) is 0 Å².